The fourth-order valence-electron chi connectivity index (χ4n) is 1.95. The molecule has 1 saturated heterocycles. The fraction of sp³-hybridized carbons (Fsp3) is 0.462. The Morgan fingerprint density at radius 3 is 2.69 bits per heavy atom. The van der Waals surface area contributed by atoms with Crippen molar-refractivity contribution < 1.29 is 9.53 Å². The molecule has 0 aliphatic carbocycles. The van der Waals surface area contributed by atoms with Gasteiger partial charge in [0.2, 0.25) is 0 Å². The summed E-state index contributed by atoms with van der Waals surface area (Å²) in [6, 6.07) is 10.3. The van der Waals surface area contributed by atoms with Gasteiger partial charge in [0.05, 0.1) is 12.5 Å². The summed E-state index contributed by atoms with van der Waals surface area (Å²) in [6.07, 6.45) is 0. The molecule has 0 saturated carbocycles. The first kappa shape index (κ1) is 11.1. The van der Waals surface area contributed by atoms with E-state index in [0.717, 1.165) is 19.6 Å². The molecule has 1 aromatic carbocycles. The molecule has 0 bridgehead atoms. The van der Waals surface area contributed by atoms with E-state index in [1.165, 1.54) is 5.56 Å². The zero-order valence-corrected chi connectivity index (χ0v) is 9.56. The number of rotatable bonds is 4. The first-order valence-corrected chi connectivity index (χ1v) is 5.72. The summed E-state index contributed by atoms with van der Waals surface area (Å²) < 4.78 is 4.98. The van der Waals surface area contributed by atoms with Gasteiger partial charge in [0.1, 0.15) is 0 Å². The highest BCUT2D eigenvalue weighted by Crippen LogP contribution is 2.19. The molecule has 0 atom stereocenters. The van der Waals surface area contributed by atoms with Gasteiger partial charge in [-0.2, -0.15) is 0 Å². The Bertz CT molecular complexity index is 344. The number of carbonyl (C=O) groups excluding carboxylic acids is 1. The van der Waals surface area contributed by atoms with Crippen molar-refractivity contribution in [2.24, 2.45) is 5.92 Å². The molecule has 1 aliphatic rings. The van der Waals surface area contributed by atoms with Crippen LogP contribution in [-0.2, 0) is 16.1 Å². The van der Waals surface area contributed by atoms with E-state index in [0.29, 0.717) is 6.61 Å². The SMILES string of the molecule is CCOC(=O)C1CN(Cc2ccccc2)C1. The Morgan fingerprint density at radius 2 is 2.06 bits per heavy atom. The van der Waals surface area contributed by atoms with E-state index < -0.39 is 0 Å². The summed E-state index contributed by atoms with van der Waals surface area (Å²) in [5.74, 6) is 0.0375. The van der Waals surface area contributed by atoms with Gasteiger partial charge >= 0.3 is 5.97 Å². The number of nitrogens with zero attached hydrogens (tertiary/aromatic N) is 1. The molecule has 16 heavy (non-hydrogen) atoms. The summed E-state index contributed by atoms with van der Waals surface area (Å²) in [6.45, 7) is 4.91. The first-order valence-electron chi connectivity index (χ1n) is 5.72. The molecular weight excluding hydrogens is 202 g/mol. The second-order valence-corrected chi connectivity index (χ2v) is 4.13. The normalized spacial score (nSPS) is 16.8. The number of hydrogen-bond acceptors (Lipinski definition) is 3. The van der Waals surface area contributed by atoms with E-state index in [1.54, 1.807) is 0 Å². The lowest BCUT2D eigenvalue weighted by Gasteiger charge is -2.37. The third kappa shape index (κ3) is 2.61. The highest BCUT2D eigenvalue weighted by atomic mass is 16.5. The number of esters is 1. The van der Waals surface area contributed by atoms with Crippen LogP contribution in [0.5, 0.6) is 0 Å². The van der Waals surface area contributed by atoms with Crippen LogP contribution in [0.4, 0.5) is 0 Å². The van der Waals surface area contributed by atoms with E-state index >= 15 is 0 Å². The molecule has 0 spiro atoms. The molecule has 0 radical (unpaired) electrons. The van der Waals surface area contributed by atoms with Crippen molar-refractivity contribution >= 4 is 5.97 Å². The Hall–Kier alpha value is -1.35. The number of ether oxygens (including phenoxy) is 1. The molecule has 3 nitrogen and oxygen atoms in total. The molecule has 86 valence electrons. The van der Waals surface area contributed by atoms with Gasteiger partial charge in [-0.15, -0.1) is 0 Å². The second kappa shape index (κ2) is 5.12. The molecule has 3 heteroatoms. The molecule has 1 fully saturated rings. The van der Waals surface area contributed by atoms with Crippen LogP contribution in [0, 0.1) is 5.92 Å². The molecule has 1 aliphatic heterocycles. The third-order valence-corrected chi connectivity index (χ3v) is 2.83. The number of benzene rings is 1. The van der Waals surface area contributed by atoms with Crippen molar-refractivity contribution in [1.82, 2.24) is 4.90 Å². The monoisotopic (exact) mass is 219 g/mol. The minimum Gasteiger partial charge on any atom is -0.466 e. The van der Waals surface area contributed by atoms with Gasteiger partial charge in [-0.3, -0.25) is 9.69 Å². The van der Waals surface area contributed by atoms with Gasteiger partial charge < -0.3 is 4.74 Å². The van der Waals surface area contributed by atoms with Crippen LogP contribution < -0.4 is 0 Å². The van der Waals surface area contributed by atoms with E-state index in [1.807, 2.05) is 25.1 Å². The van der Waals surface area contributed by atoms with Gasteiger partial charge in [0, 0.05) is 19.6 Å². The number of carbonyl (C=O) groups is 1. The van der Waals surface area contributed by atoms with Gasteiger partial charge in [0.25, 0.3) is 0 Å². The van der Waals surface area contributed by atoms with E-state index in [4.69, 9.17) is 4.74 Å². The summed E-state index contributed by atoms with van der Waals surface area (Å²) >= 11 is 0. The Labute approximate surface area is 96.0 Å². The molecule has 0 amide bonds. The quantitative estimate of drug-likeness (QED) is 0.722. The van der Waals surface area contributed by atoms with Crippen molar-refractivity contribution in [1.29, 1.82) is 0 Å². The van der Waals surface area contributed by atoms with Crippen LogP contribution in [-0.4, -0.2) is 30.6 Å². The number of hydrogen-bond donors (Lipinski definition) is 0. The van der Waals surface area contributed by atoms with E-state index in [9.17, 15) is 4.79 Å². The average Bonchev–Trinajstić information content (AvgIpc) is 2.24. The molecule has 0 aromatic heterocycles. The van der Waals surface area contributed by atoms with Crippen LogP contribution in [0.1, 0.15) is 12.5 Å². The van der Waals surface area contributed by atoms with Crippen molar-refractivity contribution in [3.63, 3.8) is 0 Å². The van der Waals surface area contributed by atoms with Gasteiger partial charge in [-0.1, -0.05) is 30.3 Å². The lowest BCUT2D eigenvalue weighted by atomic mass is 9.99. The van der Waals surface area contributed by atoms with Crippen LogP contribution >= 0.6 is 0 Å². The largest absolute Gasteiger partial charge is 0.466 e. The summed E-state index contributed by atoms with van der Waals surface area (Å²) in [7, 11) is 0. The predicted octanol–water partition coefficient (Wildman–Crippen LogP) is 1.68. The van der Waals surface area contributed by atoms with Crippen molar-refractivity contribution in [3.8, 4) is 0 Å². The highest BCUT2D eigenvalue weighted by Gasteiger charge is 2.33. The smallest absolute Gasteiger partial charge is 0.311 e. The van der Waals surface area contributed by atoms with Gasteiger partial charge in [0.15, 0.2) is 0 Å². The zero-order valence-electron chi connectivity index (χ0n) is 9.56. The first-order chi connectivity index (χ1) is 7.79. The maximum Gasteiger partial charge on any atom is 0.311 e. The number of likely N-dealkylation sites (tertiary alicyclic amines) is 1. The van der Waals surface area contributed by atoms with Crippen molar-refractivity contribution in [2.75, 3.05) is 19.7 Å². The summed E-state index contributed by atoms with van der Waals surface area (Å²) in [5, 5.41) is 0. The topological polar surface area (TPSA) is 29.5 Å². The average molecular weight is 219 g/mol. The summed E-state index contributed by atoms with van der Waals surface area (Å²) in [5.41, 5.74) is 1.30. The second-order valence-electron chi connectivity index (χ2n) is 4.13. The lowest BCUT2D eigenvalue weighted by molar-refractivity contribution is -0.154. The maximum absolute atomic E-state index is 11.4. The Kier molecular flexibility index (Phi) is 3.57. The summed E-state index contributed by atoms with van der Waals surface area (Å²) in [4.78, 5) is 13.6. The predicted molar refractivity (Wildman–Crippen MR) is 61.8 cm³/mol. The fourth-order valence-corrected chi connectivity index (χ4v) is 1.95. The van der Waals surface area contributed by atoms with Gasteiger partial charge in [-0.25, -0.2) is 0 Å². The molecule has 1 heterocycles. The standard InChI is InChI=1S/C13H17NO2/c1-2-16-13(15)12-9-14(10-12)8-11-6-4-3-5-7-11/h3-7,12H,2,8-10H2,1H3. The maximum atomic E-state index is 11.4. The Balaban J connectivity index is 1.75. The van der Waals surface area contributed by atoms with E-state index in [2.05, 4.69) is 17.0 Å². The molecule has 0 N–H and O–H groups in total. The molecular formula is C13H17NO2. The highest BCUT2D eigenvalue weighted by molar-refractivity contribution is 5.74. The Morgan fingerprint density at radius 1 is 1.38 bits per heavy atom. The molecule has 2 rings (SSSR count). The minimum atomic E-state index is -0.0492. The van der Waals surface area contributed by atoms with Crippen molar-refractivity contribution in [2.45, 2.75) is 13.5 Å². The minimum absolute atomic E-state index is 0.0492. The molecule has 1 aromatic rings. The lowest BCUT2D eigenvalue weighted by Crippen LogP contribution is -2.50. The van der Waals surface area contributed by atoms with Crippen molar-refractivity contribution in [3.05, 3.63) is 35.9 Å². The van der Waals surface area contributed by atoms with Crippen LogP contribution in [0.2, 0.25) is 0 Å². The van der Waals surface area contributed by atoms with Crippen LogP contribution in [0.15, 0.2) is 30.3 Å². The van der Waals surface area contributed by atoms with Crippen LogP contribution in [0.25, 0.3) is 0 Å². The third-order valence-electron chi connectivity index (χ3n) is 2.83. The van der Waals surface area contributed by atoms with Gasteiger partial charge in [-0.05, 0) is 12.5 Å². The van der Waals surface area contributed by atoms with E-state index in [-0.39, 0.29) is 11.9 Å². The molecule has 0 unspecified atom stereocenters. The zero-order chi connectivity index (χ0) is 11.4. The van der Waals surface area contributed by atoms with Crippen LogP contribution in [0.3, 0.4) is 0 Å².